The van der Waals surface area contributed by atoms with Crippen LogP contribution in [0.15, 0.2) is 85.5 Å². The molecule has 0 unspecified atom stereocenters. The Hall–Kier alpha value is -2.72. The summed E-state index contributed by atoms with van der Waals surface area (Å²) in [5.41, 5.74) is 2.75. The monoisotopic (exact) mass is 737 g/mol. The topological polar surface area (TPSA) is 177 Å². The number of hydrazine groups is 1. The number of carbonyl (C=O) groups excluding carboxylic acids is 3. The molecular weight excluding hydrogens is 707 g/mol. The maximum atomic E-state index is 14.3. The van der Waals surface area contributed by atoms with E-state index in [0.717, 1.165) is 5.56 Å². The van der Waals surface area contributed by atoms with E-state index in [4.69, 9.17) is 11.6 Å². The van der Waals surface area contributed by atoms with Crippen molar-refractivity contribution in [2.24, 2.45) is 0 Å². The number of para-hydroxylation sites is 1. The van der Waals surface area contributed by atoms with Gasteiger partial charge in [-0.3, -0.25) is 14.7 Å². The van der Waals surface area contributed by atoms with Crippen LogP contribution in [-0.2, 0) is 33.7 Å². The average molecular weight is 738 g/mol. The van der Waals surface area contributed by atoms with Gasteiger partial charge in [-0.25, -0.2) is 14.8 Å². The SMILES string of the molecule is C=CCN1CC(=O)N2[C@@H](Cc3ccc(OP(=O)([O-])[O-])cc3)C(=O)N(Cc3cccc4c(Cl)[nH]nc34)C[C@@H]2N1C(=O)NCc1ccccc1.[Na+].[Na+]. The van der Waals surface area contributed by atoms with Crippen LogP contribution in [0.3, 0.4) is 0 Å². The normalized spacial score (nSPS) is 17.9. The van der Waals surface area contributed by atoms with Crippen LogP contribution in [0.25, 0.3) is 10.9 Å². The molecule has 0 saturated carbocycles. The van der Waals surface area contributed by atoms with Gasteiger partial charge in [-0.05, 0) is 34.9 Å². The van der Waals surface area contributed by atoms with Crippen LogP contribution in [0.5, 0.6) is 5.75 Å². The molecule has 18 heteroatoms. The number of H-pyrrole nitrogens is 1. The zero-order valence-corrected chi connectivity index (χ0v) is 33.2. The fraction of sp³-hybridized carbons (Fsp3) is 0.250. The molecule has 0 aliphatic carbocycles. The molecule has 250 valence electrons. The number of aromatic amines is 1. The number of rotatable bonds is 10. The van der Waals surface area contributed by atoms with Gasteiger partial charge in [-0.2, -0.15) is 5.10 Å². The quantitative estimate of drug-likeness (QED) is 0.0939. The van der Waals surface area contributed by atoms with E-state index in [1.807, 2.05) is 48.5 Å². The van der Waals surface area contributed by atoms with Crippen LogP contribution in [0.1, 0.15) is 16.7 Å². The molecule has 0 radical (unpaired) electrons. The van der Waals surface area contributed by atoms with E-state index in [9.17, 15) is 28.7 Å². The van der Waals surface area contributed by atoms with Crippen LogP contribution in [-0.4, -0.2) is 79.7 Å². The van der Waals surface area contributed by atoms with Crippen LogP contribution in [0, 0.1) is 0 Å². The first kappa shape index (κ1) is 40.1. The molecule has 50 heavy (non-hydrogen) atoms. The Labute approximate surface area is 337 Å². The van der Waals surface area contributed by atoms with E-state index >= 15 is 0 Å². The second kappa shape index (κ2) is 17.2. The van der Waals surface area contributed by atoms with Crippen molar-refractivity contribution in [1.82, 2.24) is 35.3 Å². The Morgan fingerprint density at radius 2 is 1.78 bits per heavy atom. The number of aromatic nitrogens is 2. The molecule has 1 aromatic heterocycles. The fourth-order valence-corrected chi connectivity index (χ4v) is 6.71. The van der Waals surface area contributed by atoms with Gasteiger partial charge in [0.05, 0.1) is 18.6 Å². The van der Waals surface area contributed by atoms with E-state index in [0.29, 0.717) is 27.2 Å². The van der Waals surface area contributed by atoms with Crippen molar-refractivity contribution >= 4 is 48.2 Å². The number of hydrogen-bond acceptors (Lipinski definition) is 9. The summed E-state index contributed by atoms with van der Waals surface area (Å²) >= 11 is 6.29. The number of phosphoric acid groups is 1. The van der Waals surface area contributed by atoms with Crippen molar-refractivity contribution < 1.29 is 92.4 Å². The number of nitrogens with one attached hydrogen (secondary N) is 2. The largest absolute Gasteiger partial charge is 1.00 e. The van der Waals surface area contributed by atoms with Crippen molar-refractivity contribution in [2.45, 2.75) is 31.7 Å². The Bertz CT molecular complexity index is 1900. The first-order valence-electron chi connectivity index (χ1n) is 15.0. The van der Waals surface area contributed by atoms with Crippen molar-refractivity contribution in [1.29, 1.82) is 0 Å². The predicted octanol–water partition coefficient (Wildman–Crippen LogP) is -3.83. The Morgan fingerprint density at radius 3 is 2.46 bits per heavy atom. The standard InChI is InChI=1S/C32H33ClN7O7P.2Na/c1-2-15-38-20-28(41)39-26(16-21-11-13-24(14-12-21)47-48(44,45)46)31(42)37(18-23-9-6-10-25-29(23)35-36-30(25)33)19-27(39)40(38)32(43)34-17-22-7-4-3-5-8-22;;/h2-14,26-27H,1,15-20H2,(H,34,43)(H,35,36)(H2,44,45,46);;/q;2*+1/p-2/t26-,27-;;/m0../s1. The third-order valence-electron chi connectivity index (χ3n) is 8.22. The molecule has 2 N–H and O–H groups in total. The number of phosphoric ester groups is 1. The molecule has 14 nitrogen and oxygen atoms in total. The Kier molecular flexibility index (Phi) is 13.8. The number of carbonyl (C=O) groups is 3. The molecular formula is C32H31ClN7Na2O7P. The van der Waals surface area contributed by atoms with Gasteiger partial charge in [0.2, 0.25) is 11.8 Å². The smallest absolute Gasteiger partial charge is 0.780 e. The Morgan fingerprint density at radius 1 is 1.06 bits per heavy atom. The molecule has 4 amide bonds. The van der Waals surface area contributed by atoms with E-state index in [1.54, 1.807) is 16.0 Å². The average Bonchev–Trinajstić information content (AvgIpc) is 3.44. The molecule has 6 rings (SSSR count). The van der Waals surface area contributed by atoms with E-state index in [1.165, 1.54) is 34.2 Å². The summed E-state index contributed by atoms with van der Waals surface area (Å²) in [7, 11) is -5.27. The van der Waals surface area contributed by atoms with Crippen molar-refractivity contribution in [3.8, 4) is 5.75 Å². The van der Waals surface area contributed by atoms with Gasteiger partial charge in [0.1, 0.15) is 30.9 Å². The molecule has 0 bridgehead atoms. The maximum Gasteiger partial charge on any atom is 1.00 e. The van der Waals surface area contributed by atoms with Crippen molar-refractivity contribution in [2.75, 3.05) is 19.6 Å². The van der Waals surface area contributed by atoms with Gasteiger partial charge in [0.15, 0.2) is 0 Å². The maximum absolute atomic E-state index is 14.3. The summed E-state index contributed by atoms with van der Waals surface area (Å²) in [6.45, 7) is 4.18. The van der Waals surface area contributed by atoms with Crippen LogP contribution in [0.2, 0.25) is 5.15 Å². The number of fused-ring (bicyclic) bond motifs is 2. The summed E-state index contributed by atoms with van der Waals surface area (Å²) in [5, 5.41) is 14.2. The van der Waals surface area contributed by atoms with Crippen LogP contribution < -0.4 is 78.7 Å². The summed E-state index contributed by atoms with van der Waals surface area (Å²) in [5.74, 6) is -0.890. The van der Waals surface area contributed by atoms with E-state index < -0.39 is 26.1 Å². The molecule has 2 aliphatic heterocycles. The number of halogens is 1. The number of urea groups is 1. The van der Waals surface area contributed by atoms with Crippen molar-refractivity contribution in [3.05, 3.63) is 107 Å². The van der Waals surface area contributed by atoms with E-state index in [2.05, 4.69) is 26.6 Å². The number of amides is 4. The first-order valence-corrected chi connectivity index (χ1v) is 16.8. The first-order chi connectivity index (χ1) is 23.0. The zero-order chi connectivity index (χ0) is 34.0. The minimum Gasteiger partial charge on any atom is -0.780 e. The summed E-state index contributed by atoms with van der Waals surface area (Å²) < 4.78 is 15.5. The number of benzene rings is 3. The van der Waals surface area contributed by atoms with Gasteiger partial charge in [0.25, 0.3) is 0 Å². The fourth-order valence-electron chi connectivity index (χ4n) is 6.14. The second-order valence-electron chi connectivity index (χ2n) is 11.4. The molecule has 3 heterocycles. The minimum absolute atomic E-state index is 0. The summed E-state index contributed by atoms with van der Waals surface area (Å²) in [6.07, 6.45) is 0.739. The third-order valence-corrected chi connectivity index (χ3v) is 8.94. The van der Waals surface area contributed by atoms with Gasteiger partial charge in [-0.15, -0.1) is 6.58 Å². The number of piperazine rings is 1. The molecule has 4 aromatic rings. The third kappa shape index (κ3) is 9.01. The molecule has 2 aliphatic rings. The van der Waals surface area contributed by atoms with E-state index in [-0.39, 0.29) is 116 Å². The minimum atomic E-state index is -5.27. The molecule has 2 atom stereocenters. The number of hydrogen-bond donors (Lipinski definition) is 2. The summed E-state index contributed by atoms with van der Waals surface area (Å²) in [4.78, 5) is 67.3. The van der Waals surface area contributed by atoms with Crippen LogP contribution >= 0.6 is 19.4 Å². The second-order valence-corrected chi connectivity index (χ2v) is 12.8. The number of nitrogens with zero attached hydrogens (tertiary/aromatic N) is 5. The van der Waals surface area contributed by atoms with Gasteiger partial charge >= 0.3 is 65.1 Å². The van der Waals surface area contributed by atoms with Crippen molar-refractivity contribution in [3.63, 3.8) is 0 Å². The predicted molar refractivity (Wildman–Crippen MR) is 172 cm³/mol. The summed E-state index contributed by atoms with van der Waals surface area (Å²) in [6, 6.07) is 19.0. The van der Waals surface area contributed by atoms with Gasteiger partial charge in [-0.1, -0.05) is 72.3 Å². The molecule has 2 saturated heterocycles. The van der Waals surface area contributed by atoms with Gasteiger partial charge < -0.3 is 34.0 Å². The van der Waals surface area contributed by atoms with Crippen LogP contribution in [0.4, 0.5) is 4.79 Å². The molecule has 3 aromatic carbocycles. The molecule has 2 fully saturated rings. The van der Waals surface area contributed by atoms with Gasteiger partial charge in [0, 0.05) is 31.4 Å². The molecule has 0 spiro atoms. The zero-order valence-electron chi connectivity index (χ0n) is 27.5. The Balaban J connectivity index is 0.00000281.